The first-order chi connectivity index (χ1) is 9.30. The molecule has 1 aromatic heterocycles. The van der Waals surface area contributed by atoms with Crippen molar-refractivity contribution in [3.05, 3.63) is 27.9 Å². The van der Waals surface area contributed by atoms with E-state index >= 15 is 0 Å². The highest BCUT2D eigenvalue weighted by Crippen LogP contribution is 2.22. The summed E-state index contributed by atoms with van der Waals surface area (Å²) < 4.78 is -0.136. The predicted octanol–water partition coefficient (Wildman–Crippen LogP) is 1.90. The second-order valence-corrected chi connectivity index (χ2v) is 6.25. The van der Waals surface area contributed by atoms with Crippen LogP contribution in [0.25, 0.3) is 0 Å². The number of nitrogens with zero attached hydrogens (tertiary/aromatic N) is 2. The lowest BCUT2D eigenvalue weighted by Gasteiger charge is -2.22. The van der Waals surface area contributed by atoms with E-state index in [1.165, 1.54) is 6.07 Å². The summed E-state index contributed by atoms with van der Waals surface area (Å²) in [7, 11) is 1.63. The summed E-state index contributed by atoms with van der Waals surface area (Å²) in [6, 6.07) is 1.37. The average Bonchev–Trinajstić information content (AvgIpc) is 2.44. The summed E-state index contributed by atoms with van der Waals surface area (Å²) in [5.41, 5.74) is -0.297. The van der Waals surface area contributed by atoms with E-state index in [1.807, 2.05) is 20.1 Å². The molecule has 110 valence electrons. The van der Waals surface area contributed by atoms with E-state index in [2.05, 4.69) is 15.6 Å². The van der Waals surface area contributed by atoms with Crippen molar-refractivity contribution in [1.82, 2.24) is 10.3 Å². The van der Waals surface area contributed by atoms with Gasteiger partial charge in [-0.2, -0.15) is 11.8 Å². The summed E-state index contributed by atoms with van der Waals surface area (Å²) in [5.74, 6) is -0.0670. The zero-order chi connectivity index (χ0) is 15.3. The number of anilines is 1. The molecule has 8 heteroatoms. The second kappa shape index (κ2) is 6.56. The fourth-order valence-corrected chi connectivity index (χ4v) is 1.59. The van der Waals surface area contributed by atoms with Crippen molar-refractivity contribution in [3.63, 3.8) is 0 Å². The number of thioether (sulfide) groups is 1. The number of pyridine rings is 1. The topological polar surface area (TPSA) is 97.2 Å². The maximum absolute atomic E-state index is 12.1. The average molecular weight is 298 g/mol. The van der Waals surface area contributed by atoms with Gasteiger partial charge in [-0.05, 0) is 20.1 Å². The van der Waals surface area contributed by atoms with Crippen molar-refractivity contribution >= 4 is 29.2 Å². The maximum atomic E-state index is 12.1. The Kier molecular flexibility index (Phi) is 5.32. The summed E-state index contributed by atoms with van der Waals surface area (Å²) in [6.07, 6.45) is 3.03. The van der Waals surface area contributed by atoms with Crippen LogP contribution in [0.1, 0.15) is 24.2 Å². The van der Waals surface area contributed by atoms with Crippen LogP contribution < -0.4 is 10.6 Å². The molecule has 7 nitrogen and oxygen atoms in total. The third kappa shape index (κ3) is 4.09. The number of aromatic nitrogens is 1. The number of hydrogen-bond donors (Lipinski definition) is 2. The van der Waals surface area contributed by atoms with Crippen molar-refractivity contribution in [1.29, 1.82) is 0 Å². The molecule has 0 unspecified atom stereocenters. The molecule has 1 amide bonds. The van der Waals surface area contributed by atoms with Gasteiger partial charge in [0.2, 0.25) is 0 Å². The summed E-state index contributed by atoms with van der Waals surface area (Å²) in [6.45, 7) is 4.39. The summed E-state index contributed by atoms with van der Waals surface area (Å²) >= 11 is 1.61. The van der Waals surface area contributed by atoms with Gasteiger partial charge in [0.1, 0.15) is 17.6 Å². The van der Waals surface area contributed by atoms with Gasteiger partial charge in [0.25, 0.3) is 11.6 Å². The van der Waals surface area contributed by atoms with Crippen LogP contribution in [0.2, 0.25) is 0 Å². The van der Waals surface area contributed by atoms with Gasteiger partial charge < -0.3 is 10.6 Å². The van der Waals surface area contributed by atoms with Crippen molar-refractivity contribution in [3.8, 4) is 0 Å². The van der Waals surface area contributed by atoms with E-state index in [4.69, 9.17) is 0 Å². The Balaban J connectivity index is 2.98. The van der Waals surface area contributed by atoms with E-state index in [-0.39, 0.29) is 16.0 Å². The smallest absolute Gasteiger partial charge is 0.300 e. The minimum Gasteiger partial charge on any atom is -0.373 e. The van der Waals surface area contributed by atoms with Gasteiger partial charge in [-0.25, -0.2) is 4.98 Å². The first-order valence-corrected chi connectivity index (χ1v) is 7.18. The number of carbonyl (C=O) groups excluding carboxylic acids is 1. The Morgan fingerprint density at radius 1 is 1.55 bits per heavy atom. The highest BCUT2D eigenvalue weighted by atomic mass is 32.2. The van der Waals surface area contributed by atoms with Crippen LogP contribution in [-0.2, 0) is 0 Å². The van der Waals surface area contributed by atoms with Gasteiger partial charge in [-0.3, -0.25) is 14.9 Å². The Morgan fingerprint density at radius 3 is 2.70 bits per heavy atom. The molecule has 0 aliphatic carbocycles. The van der Waals surface area contributed by atoms with Crippen LogP contribution >= 0.6 is 11.8 Å². The molecule has 20 heavy (non-hydrogen) atoms. The van der Waals surface area contributed by atoms with Crippen LogP contribution in [0.3, 0.4) is 0 Å². The minimum absolute atomic E-state index is 0.00579. The van der Waals surface area contributed by atoms with Crippen LogP contribution in [0.15, 0.2) is 12.3 Å². The molecule has 1 heterocycles. The number of nitro groups is 1. The van der Waals surface area contributed by atoms with Crippen LogP contribution in [-0.4, -0.2) is 40.4 Å². The van der Waals surface area contributed by atoms with Gasteiger partial charge in [-0.15, -0.1) is 0 Å². The van der Waals surface area contributed by atoms with Crippen LogP contribution in [0.5, 0.6) is 0 Å². The zero-order valence-electron chi connectivity index (χ0n) is 11.9. The van der Waals surface area contributed by atoms with Crippen molar-refractivity contribution < 1.29 is 9.72 Å². The molecule has 0 aliphatic rings. The zero-order valence-corrected chi connectivity index (χ0v) is 12.7. The molecule has 1 aromatic rings. The molecule has 1 rings (SSSR count). The molecule has 0 radical (unpaired) electrons. The van der Waals surface area contributed by atoms with Gasteiger partial charge in [0.05, 0.1) is 4.92 Å². The van der Waals surface area contributed by atoms with E-state index in [0.29, 0.717) is 12.4 Å². The number of nitrogens with one attached hydrogen (secondary N) is 2. The minimum atomic E-state index is -0.610. The summed E-state index contributed by atoms with van der Waals surface area (Å²) in [4.78, 5) is 26.3. The molecule has 0 bridgehead atoms. The summed E-state index contributed by atoms with van der Waals surface area (Å²) in [5, 5.41) is 16.4. The third-order valence-corrected chi connectivity index (χ3v) is 4.06. The predicted molar refractivity (Wildman–Crippen MR) is 80.4 cm³/mol. The fraction of sp³-hybridized carbons (Fsp3) is 0.500. The largest absolute Gasteiger partial charge is 0.373 e. The van der Waals surface area contributed by atoms with Gasteiger partial charge in [-0.1, -0.05) is 0 Å². The SMILES string of the molecule is CNc1cc(C(=O)NCC(C)(C)SC)c([N+](=O)[O-])cn1. The quantitative estimate of drug-likeness (QED) is 0.615. The number of rotatable bonds is 6. The third-order valence-electron chi connectivity index (χ3n) is 2.81. The lowest BCUT2D eigenvalue weighted by atomic mass is 10.1. The highest BCUT2D eigenvalue weighted by molar-refractivity contribution is 7.99. The molecular weight excluding hydrogens is 280 g/mol. The standard InChI is InChI=1S/C12H18N4O3S/c1-12(2,20-4)7-15-11(17)8-5-10(13-3)14-6-9(8)16(18)19/h5-6H,7H2,1-4H3,(H,13,14)(H,15,17). The lowest BCUT2D eigenvalue weighted by Crippen LogP contribution is -2.36. The molecule has 2 N–H and O–H groups in total. The molecule has 0 atom stereocenters. The Bertz CT molecular complexity index is 519. The fourth-order valence-electron chi connectivity index (χ4n) is 1.37. The molecule has 0 aromatic carbocycles. The van der Waals surface area contributed by atoms with E-state index in [0.717, 1.165) is 6.20 Å². The second-order valence-electron chi connectivity index (χ2n) is 4.74. The van der Waals surface area contributed by atoms with Crippen molar-refractivity contribution in [2.45, 2.75) is 18.6 Å². The highest BCUT2D eigenvalue weighted by Gasteiger charge is 2.23. The molecule has 0 aliphatic heterocycles. The maximum Gasteiger partial charge on any atom is 0.300 e. The normalized spacial score (nSPS) is 11.0. The number of hydrogen-bond acceptors (Lipinski definition) is 6. The van der Waals surface area contributed by atoms with Crippen molar-refractivity contribution in [2.75, 3.05) is 25.2 Å². The monoisotopic (exact) mass is 298 g/mol. The molecule has 0 spiro atoms. The first-order valence-electron chi connectivity index (χ1n) is 5.96. The molecular formula is C12H18N4O3S. The number of amides is 1. The number of carbonyl (C=O) groups is 1. The van der Waals surface area contributed by atoms with Crippen LogP contribution in [0.4, 0.5) is 11.5 Å². The Hall–Kier alpha value is -1.83. The Labute approximate surface area is 121 Å². The lowest BCUT2D eigenvalue weighted by molar-refractivity contribution is -0.385. The van der Waals surface area contributed by atoms with E-state index in [9.17, 15) is 14.9 Å². The molecule has 0 saturated heterocycles. The molecule has 0 saturated carbocycles. The van der Waals surface area contributed by atoms with Gasteiger partial charge in [0, 0.05) is 24.4 Å². The van der Waals surface area contributed by atoms with Gasteiger partial charge in [0.15, 0.2) is 0 Å². The Morgan fingerprint density at radius 2 is 2.20 bits per heavy atom. The van der Waals surface area contributed by atoms with Crippen LogP contribution in [0, 0.1) is 10.1 Å². The van der Waals surface area contributed by atoms with E-state index < -0.39 is 10.8 Å². The first kappa shape index (κ1) is 16.2. The van der Waals surface area contributed by atoms with E-state index in [1.54, 1.807) is 18.8 Å². The van der Waals surface area contributed by atoms with Crippen molar-refractivity contribution in [2.24, 2.45) is 0 Å². The van der Waals surface area contributed by atoms with Gasteiger partial charge >= 0.3 is 0 Å². The molecule has 0 fully saturated rings.